The number of carbonyl (C=O) groups is 1. The van der Waals surface area contributed by atoms with E-state index in [0.29, 0.717) is 43.7 Å². The van der Waals surface area contributed by atoms with Crippen molar-refractivity contribution >= 4 is 35.0 Å². The zero-order chi connectivity index (χ0) is 27.1. The minimum Gasteiger partial charge on any atom is -0.463 e. The second-order valence-electron chi connectivity index (χ2n) is 9.11. The minimum atomic E-state index is -0.805. The molecule has 39 heavy (non-hydrogen) atoms. The van der Waals surface area contributed by atoms with Crippen molar-refractivity contribution in [3.05, 3.63) is 103 Å². The van der Waals surface area contributed by atoms with Crippen LogP contribution in [0.5, 0.6) is 11.5 Å². The standard InChI is InChI=1S/C29H25N3O6S/c1-4-35-28(34)24-25(17-8-6-5-7-9-17)30-29-32(26(24)18-10-12-20-21(14-18)37-16-36-20)27(33)22(39-29)15-19-11-13-23(38-19)31(2)3/h5-15,26H,4,16H2,1-3H3/b22-15-. The second-order valence-corrected chi connectivity index (χ2v) is 10.1. The highest BCUT2D eigenvalue weighted by Crippen LogP contribution is 2.40. The van der Waals surface area contributed by atoms with Crippen molar-refractivity contribution in [1.29, 1.82) is 0 Å². The summed E-state index contributed by atoms with van der Waals surface area (Å²) < 4.78 is 24.5. The maximum absolute atomic E-state index is 13.9. The molecule has 0 fully saturated rings. The van der Waals surface area contributed by atoms with Crippen molar-refractivity contribution in [3.63, 3.8) is 0 Å². The number of carbonyl (C=O) groups excluding carboxylic acids is 1. The van der Waals surface area contributed by atoms with Crippen LogP contribution in [0.2, 0.25) is 0 Å². The number of anilines is 1. The molecule has 0 saturated carbocycles. The molecule has 9 nitrogen and oxygen atoms in total. The predicted octanol–water partition coefficient (Wildman–Crippen LogP) is 3.32. The first-order chi connectivity index (χ1) is 18.9. The zero-order valence-corrected chi connectivity index (χ0v) is 22.4. The Balaban J connectivity index is 1.62. The van der Waals surface area contributed by atoms with E-state index in [1.54, 1.807) is 29.7 Å². The number of benzene rings is 2. The van der Waals surface area contributed by atoms with Crippen molar-refractivity contribution in [3.8, 4) is 11.5 Å². The largest absolute Gasteiger partial charge is 0.463 e. The first-order valence-corrected chi connectivity index (χ1v) is 13.2. The quantitative estimate of drug-likeness (QED) is 0.344. The fourth-order valence-electron chi connectivity index (χ4n) is 4.63. The molecular formula is C29H25N3O6S. The van der Waals surface area contributed by atoms with Crippen molar-refractivity contribution in [2.45, 2.75) is 13.0 Å². The van der Waals surface area contributed by atoms with E-state index in [0.717, 1.165) is 5.56 Å². The number of hydrogen-bond acceptors (Lipinski definition) is 9. The maximum Gasteiger partial charge on any atom is 0.338 e. The Morgan fingerprint density at radius 2 is 1.92 bits per heavy atom. The maximum atomic E-state index is 13.9. The zero-order valence-electron chi connectivity index (χ0n) is 21.5. The van der Waals surface area contributed by atoms with E-state index in [1.165, 1.54) is 11.3 Å². The van der Waals surface area contributed by atoms with Crippen molar-refractivity contribution in [1.82, 2.24) is 4.57 Å². The van der Waals surface area contributed by atoms with Crippen LogP contribution < -0.4 is 29.3 Å². The summed E-state index contributed by atoms with van der Waals surface area (Å²) in [5.74, 6) is 1.81. The van der Waals surface area contributed by atoms with Crippen LogP contribution in [0, 0.1) is 0 Å². The Bertz CT molecular complexity index is 1780. The monoisotopic (exact) mass is 543 g/mol. The lowest BCUT2D eigenvalue weighted by atomic mass is 9.93. The molecule has 198 valence electrons. The summed E-state index contributed by atoms with van der Waals surface area (Å²) in [5.41, 5.74) is 1.85. The molecule has 0 radical (unpaired) electrons. The fraction of sp³-hybridized carbons (Fsp3) is 0.207. The summed E-state index contributed by atoms with van der Waals surface area (Å²) in [6.45, 7) is 2.03. The summed E-state index contributed by atoms with van der Waals surface area (Å²) in [5, 5.41) is 0. The molecule has 6 rings (SSSR count). The number of ether oxygens (including phenoxy) is 3. The normalized spacial score (nSPS) is 16.2. The number of thiazole rings is 1. The van der Waals surface area contributed by atoms with E-state index in [2.05, 4.69) is 0 Å². The number of aromatic nitrogens is 1. The van der Waals surface area contributed by atoms with E-state index in [9.17, 15) is 9.59 Å². The molecule has 4 heterocycles. The van der Waals surface area contributed by atoms with Crippen LogP contribution in [0.15, 0.2) is 80.4 Å². The summed E-state index contributed by atoms with van der Waals surface area (Å²) in [6, 6.07) is 17.7. The van der Waals surface area contributed by atoms with Gasteiger partial charge in [-0.2, -0.15) is 0 Å². The van der Waals surface area contributed by atoms with Gasteiger partial charge < -0.3 is 23.5 Å². The molecular weight excluding hydrogens is 518 g/mol. The molecule has 0 spiro atoms. The molecule has 2 aliphatic rings. The number of furan rings is 1. The van der Waals surface area contributed by atoms with Gasteiger partial charge in [-0.25, -0.2) is 9.79 Å². The molecule has 0 bridgehead atoms. The Kier molecular flexibility index (Phi) is 6.32. The third-order valence-corrected chi connectivity index (χ3v) is 7.40. The Morgan fingerprint density at radius 3 is 2.67 bits per heavy atom. The highest BCUT2D eigenvalue weighted by Gasteiger charge is 2.36. The van der Waals surface area contributed by atoms with Gasteiger partial charge in [0, 0.05) is 31.8 Å². The number of rotatable bonds is 6. The summed E-state index contributed by atoms with van der Waals surface area (Å²) in [6.07, 6.45) is 1.70. The lowest BCUT2D eigenvalue weighted by Gasteiger charge is -2.26. The molecule has 0 amide bonds. The van der Waals surface area contributed by atoms with Crippen LogP contribution in [0.3, 0.4) is 0 Å². The third kappa shape index (κ3) is 4.42. The molecule has 1 unspecified atom stereocenters. The Morgan fingerprint density at radius 1 is 1.13 bits per heavy atom. The van der Waals surface area contributed by atoms with Crippen LogP contribution in [0.1, 0.15) is 29.9 Å². The van der Waals surface area contributed by atoms with E-state index in [-0.39, 0.29) is 24.5 Å². The molecule has 0 aliphatic carbocycles. The molecule has 10 heteroatoms. The average molecular weight is 544 g/mol. The molecule has 4 aromatic rings. The van der Waals surface area contributed by atoms with Gasteiger partial charge >= 0.3 is 5.97 Å². The summed E-state index contributed by atoms with van der Waals surface area (Å²) in [7, 11) is 3.76. The molecule has 1 atom stereocenters. The van der Waals surface area contributed by atoms with E-state index in [1.807, 2.05) is 67.5 Å². The Labute approximate surface area is 227 Å². The number of hydrogen-bond donors (Lipinski definition) is 0. The predicted molar refractivity (Wildman–Crippen MR) is 147 cm³/mol. The van der Waals surface area contributed by atoms with Gasteiger partial charge in [-0.15, -0.1) is 0 Å². The van der Waals surface area contributed by atoms with Crippen LogP contribution in [0.4, 0.5) is 5.88 Å². The average Bonchev–Trinajstić information content (AvgIpc) is 3.68. The van der Waals surface area contributed by atoms with Crippen LogP contribution >= 0.6 is 11.3 Å². The minimum absolute atomic E-state index is 0.107. The number of fused-ring (bicyclic) bond motifs is 2. The molecule has 0 saturated heterocycles. The van der Waals surface area contributed by atoms with Gasteiger partial charge in [-0.1, -0.05) is 47.7 Å². The molecule has 2 aromatic heterocycles. The first kappa shape index (κ1) is 24.7. The second kappa shape index (κ2) is 9.95. The van der Waals surface area contributed by atoms with Crippen molar-refractivity contribution in [2.75, 3.05) is 32.4 Å². The SMILES string of the molecule is CCOC(=O)C1=C(c2ccccc2)N=c2s/c(=C\c3ccc(N(C)C)o3)c(=O)n2C1c1ccc2c(c1)OCO2. The van der Waals surface area contributed by atoms with Gasteiger partial charge in [0.05, 0.1) is 28.5 Å². The van der Waals surface area contributed by atoms with Gasteiger partial charge in [0.25, 0.3) is 5.56 Å². The van der Waals surface area contributed by atoms with Gasteiger partial charge in [0.2, 0.25) is 6.79 Å². The van der Waals surface area contributed by atoms with Crippen LogP contribution in [-0.4, -0.2) is 38.0 Å². The smallest absolute Gasteiger partial charge is 0.338 e. The highest BCUT2D eigenvalue weighted by molar-refractivity contribution is 7.07. The lowest BCUT2D eigenvalue weighted by molar-refractivity contribution is -0.138. The van der Waals surface area contributed by atoms with E-state index < -0.39 is 12.0 Å². The van der Waals surface area contributed by atoms with Crippen LogP contribution in [0.25, 0.3) is 11.8 Å². The van der Waals surface area contributed by atoms with Crippen LogP contribution in [-0.2, 0) is 9.53 Å². The van der Waals surface area contributed by atoms with Gasteiger partial charge in [0.15, 0.2) is 22.2 Å². The third-order valence-electron chi connectivity index (χ3n) is 6.41. The van der Waals surface area contributed by atoms with Crippen molar-refractivity contribution < 1.29 is 23.4 Å². The molecule has 2 aromatic carbocycles. The number of nitrogens with zero attached hydrogens (tertiary/aromatic N) is 3. The Hall–Kier alpha value is -4.57. The fourth-order valence-corrected chi connectivity index (χ4v) is 5.61. The summed E-state index contributed by atoms with van der Waals surface area (Å²) >= 11 is 1.24. The van der Waals surface area contributed by atoms with E-state index >= 15 is 0 Å². The first-order valence-electron chi connectivity index (χ1n) is 12.4. The number of esters is 1. The van der Waals surface area contributed by atoms with Gasteiger partial charge in [-0.05, 0) is 30.7 Å². The lowest BCUT2D eigenvalue weighted by Crippen LogP contribution is -2.40. The van der Waals surface area contributed by atoms with E-state index in [4.69, 9.17) is 23.6 Å². The van der Waals surface area contributed by atoms with Crippen molar-refractivity contribution in [2.24, 2.45) is 4.99 Å². The summed E-state index contributed by atoms with van der Waals surface area (Å²) in [4.78, 5) is 34.6. The van der Waals surface area contributed by atoms with Gasteiger partial charge in [-0.3, -0.25) is 9.36 Å². The highest BCUT2D eigenvalue weighted by atomic mass is 32.1. The molecule has 0 N–H and O–H groups in total. The molecule has 2 aliphatic heterocycles. The topological polar surface area (TPSA) is 95.5 Å². The van der Waals surface area contributed by atoms with Gasteiger partial charge in [0.1, 0.15) is 5.76 Å².